The number of hydrogen-bond donors (Lipinski definition) is 0. The fourth-order valence-corrected chi connectivity index (χ4v) is 1.37. The molecule has 0 aromatic heterocycles. The average molecular weight is 168 g/mol. The van der Waals surface area contributed by atoms with Gasteiger partial charge in [-0.1, -0.05) is 42.7 Å². The van der Waals surface area contributed by atoms with Gasteiger partial charge in [-0.25, -0.2) is 0 Å². The maximum Gasteiger partial charge on any atom is 1.00 e. The summed E-state index contributed by atoms with van der Waals surface area (Å²) in [7, 11) is 0. The molecule has 66 valence electrons. The molecular weight excluding hydrogens is 151 g/mol. The van der Waals surface area contributed by atoms with Gasteiger partial charge in [0.1, 0.15) is 0 Å². The zero-order valence-electron chi connectivity index (χ0n) is 8.84. The van der Waals surface area contributed by atoms with E-state index >= 15 is 0 Å². The molecule has 0 aliphatic carbocycles. The average Bonchev–Trinajstić information content (AvgIpc) is 2.05. The smallest absolute Gasteiger partial charge is 0.343 e. The molecule has 0 N–H and O–H groups in total. The van der Waals surface area contributed by atoms with E-state index in [0.29, 0.717) is 0 Å². The minimum absolute atomic E-state index is 0. The maximum absolute atomic E-state index is 3.83. The molecule has 0 saturated carbocycles. The summed E-state index contributed by atoms with van der Waals surface area (Å²) in [5.74, 6) is 0. The van der Waals surface area contributed by atoms with Gasteiger partial charge in [0.15, 0.2) is 0 Å². The Bertz CT molecular complexity index is 230. The fraction of sp³-hybridized carbons (Fsp3) is 0.417. The molecule has 0 amide bonds. The van der Waals surface area contributed by atoms with Crippen molar-refractivity contribution >= 4 is 0 Å². The van der Waals surface area contributed by atoms with Crippen molar-refractivity contribution in [1.29, 1.82) is 0 Å². The normalized spacial score (nSPS) is 9.38. The Morgan fingerprint density at radius 3 is 2.62 bits per heavy atom. The van der Waals surface area contributed by atoms with Crippen LogP contribution in [0.1, 0.15) is 30.4 Å². The van der Waals surface area contributed by atoms with Crippen LogP contribution in [-0.2, 0) is 6.42 Å². The van der Waals surface area contributed by atoms with Crippen molar-refractivity contribution in [3.63, 3.8) is 0 Å². The van der Waals surface area contributed by atoms with Gasteiger partial charge in [0.2, 0.25) is 0 Å². The summed E-state index contributed by atoms with van der Waals surface area (Å²) in [6.07, 6.45) is 4.78. The van der Waals surface area contributed by atoms with Gasteiger partial charge in [-0.05, 0) is 18.9 Å². The van der Waals surface area contributed by atoms with Crippen LogP contribution < -0.4 is 18.9 Å². The molecule has 0 atom stereocenters. The first-order valence-corrected chi connectivity index (χ1v) is 4.67. The number of rotatable bonds is 4. The van der Waals surface area contributed by atoms with Crippen molar-refractivity contribution in [2.45, 2.75) is 32.6 Å². The Morgan fingerprint density at radius 1 is 1.23 bits per heavy atom. The second-order valence-electron chi connectivity index (χ2n) is 3.30. The van der Waals surface area contributed by atoms with Crippen molar-refractivity contribution in [1.82, 2.24) is 0 Å². The molecular formula is C12H17Li. The van der Waals surface area contributed by atoms with Crippen LogP contribution in [0.3, 0.4) is 0 Å². The monoisotopic (exact) mass is 168 g/mol. The summed E-state index contributed by atoms with van der Waals surface area (Å²) < 4.78 is 0. The molecule has 0 bridgehead atoms. The molecule has 1 rings (SSSR count). The van der Waals surface area contributed by atoms with Crippen molar-refractivity contribution < 1.29 is 18.9 Å². The van der Waals surface area contributed by atoms with Crippen LogP contribution in [0.5, 0.6) is 0 Å². The number of benzene rings is 1. The third-order valence-electron chi connectivity index (χ3n) is 2.05. The summed E-state index contributed by atoms with van der Waals surface area (Å²) in [6, 6.07) is 8.75. The Balaban J connectivity index is 0.00000144. The van der Waals surface area contributed by atoms with Crippen LogP contribution in [0.15, 0.2) is 24.3 Å². The minimum Gasteiger partial charge on any atom is -0.343 e. The van der Waals surface area contributed by atoms with E-state index in [0.717, 1.165) is 6.42 Å². The molecule has 1 heteroatoms. The third-order valence-corrected chi connectivity index (χ3v) is 2.05. The quantitative estimate of drug-likeness (QED) is 0.350. The van der Waals surface area contributed by atoms with Gasteiger partial charge >= 0.3 is 18.9 Å². The van der Waals surface area contributed by atoms with E-state index in [-0.39, 0.29) is 18.9 Å². The van der Waals surface area contributed by atoms with Gasteiger partial charge in [0.05, 0.1) is 0 Å². The second-order valence-corrected chi connectivity index (χ2v) is 3.30. The minimum atomic E-state index is 0. The first kappa shape index (κ1) is 12.8. The summed E-state index contributed by atoms with van der Waals surface area (Å²) in [4.78, 5) is 0. The Morgan fingerprint density at radius 2 is 2.00 bits per heavy atom. The molecule has 1 aromatic carbocycles. The van der Waals surface area contributed by atoms with Gasteiger partial charge in [-0.2, -0.15) is 6.42 Å². The molecule has 0 heterocycles. The predicted molar refractivity (Wildman–Crippen MR) is 54.1 cm³/mol. The molecule has 0 fully saturated rings. The largest absolute Gasteiger partial charge is 1.00 e. The molecule has 13 heavy (non-hydrogen) atoms. The van der Waals surface area contributed by atoms with Crippen molar-refractivity contribution in [2.24, 2.45) is 0 Å². The van der Waals surface area contributed by atoms with Gasteiger partial charge in [-0.3, -0.25) is 0 Å². The topological polar surface area (TPSA) is 0 Å². The van der Waals surface area contributed by atoms with Crippen LogP contribution in [0, 0.1) is 13.8 Å². The van der Waals surface area contributed by atoms with E-state index in [1.165, 1.54) is 30.4 Å². The number of unbranched alkanes of at least 4 members (excludes halogenated alkanes) is 2. The van der Waals surface area contributed by atoms with Crippen LogP contribution in [0.2, 0.25) is 0 Å². The summed E-state index contributed by atoms with van der Waals surface area (Å²) in [6.45, 7) is 5.98. The van der Waals surface area contributed by atoms with E-state index in [2.05, 4.69) is 38.1 Å². The Hall–Kier alpha value is -0.183. The predicted octanol–water partition coefficient (Wildman–Crippen LogP) is 0.546. The third kappa shape index (κ3) is 5.19. The van der Waals surface area contributed by atoms with Gasteiger partial charge < -0.3 is 6.92 Å². The molecule has 0 aliphatic rings. The summed E-state index contributed by atoms with van der Waals surface area (Å²) >= 11 is 0. The number of hydrogen-bond acceptors (Lipinski definition) is 0. The molecule has 0 saturated heterocycles. The van der Waals surface area contributed by atoms with Gasteiger partial charge in [0, 0.05) is 0 Å². The second kappa shape index (κ2) is 7.24. The Labute approximate surface area is 93.9 Å². The van der Waals surface area contributed by atoms with Crippen LogP contribution >= 0.6 is 0 Å². The zero-order valence-corrected chi connectivity index (χ0v) is 8.84. The first-order chi connectivity index (χ1) is 5.83. The van der Waals surface area contributed by atoms with Gasteiger partial charge in [-0.15, -0.1) is 0 Å². The van der Waals surface area contributed by atoms with Gasteiger partial charge in [0.25, 0.3) is 0 Å². The standard InChI is InChI=1S/C12H17.Li/c1-3-4-5-8-12-9-6-7-11(2)10-12;/h6-7,9-10H,1,3-5,8H2,2H3;/q-1;+1. The molecule has 0 radical (unpaired) electrons. The van der Waals surface area contributed by atoms with Crippen molar-refractivity contribution in [3.05, 3.63) is 42.3 Å². The molecule has 0 spiro atoms. The summed E-state index contributed by atoms with van der Waals surface area (Å²) in [5.41, 5.74) is 2.82. The Kier molecular flexibility index (Phi) is 7.14. The maximum atomic E-state index is 3.83. The fourth-order valence-electron chi connectivity index (χ4n) is 1.37. The van der Waals surface area contributed by atoms with E-state index in [1.54, 1.807) is 0 Å². The molecule has 0 unspecified atom stereocenters. The van der Waals surface area contributed by atoms with E-state index in [4.69, 9.17) is 0 Å². The van der Waals surface area contributed by atoms with Crippen molar-refractivity contribution in [3.8, 4) is 0 Å². The molecule has 0 aliphatic heterocycles. The van der Waals surface area contributed by atoms with E-state index < -0.39 is 0 Å². The molecule has 0 nitrogen and oxygen atoms in total. The van der Waals surface area contributed by atoms with Crippen LogP contribution in [-0.4, -0.2) is 0 Å². The summed E-state index contributed by atoms with van der Waals surface area (Å²) in [5, 5.41) is 0. The number of aryl methyl sites for hydroxylation is 2. The van der Waals surface area contributed by atoms with Crippen LogP contribution in [0.4, 0.5) is 0 Å². The van der Waals surface area contributed by atoms with Crippen molar-refractivity contribution in [2.75, 3.05) is 0 Å². The van der Waals surface area contributed by atoms with E-state index in [1.807, 2.05) is 0 Å². The zero-order chi connectivity index (χ0) is 8.81. The van der Waals surface area contributed by atoms with Crippen LogP contribution in [0.25, 0.3) is 0 Å². The molecule has 1 aromatic rings. The van der Waals surface area contributed by atoms with E-state index in [9.17, 15) is 0 Å². The SMILES string of the molecule is [CH2-]CCCCc1cccc(C)c1.[Li+]. The first-order valence-electron chi connectivity index (χ1n) is 4.67.